The molecule has 1 rings (SSSR count). The van der Waals surface area contributed by atoms with Crippen LogP contribution in [0.15, 0.2) is 12.2 Å². The lowest BCUT2D eigenvalue weighted by Gasteiger charge is -1.97. The van der Waals surface area contributed by atoms with Crippen LogP contribution in [0.25, 0.3) is 0 Å². The average molecular weight is 135 g/mol. The molecule has 0 aromatic carbocycles. The van der Waals surface area contributed by atoms with Gasteiger partial charge >= 0.3 is 0 Å². The summed E-state index contributed by atoms with van der Waals surface area (Å²) in [4.78, 5) is 0. The SMILES string of the molecule is N#CCC=CC1CCCC1. The van der Waals surface area contributed by atoms with E-state index in [9.17, 15) is 0 Å². The van der Waals surface area contributed by atoms with Crippen LogP contribution in [0.1, 0.15) is 32.1 Å². The molecule has 1 fully saturated rings. The van der Waals surface area contributed by atoms with Crippen LogP contribution < -0.4 is 0 Å². The van der Waals surface area contributed by atoms with E-state index >= 15 is 0 Å². The summed E-state index contributed by atoms with van der Waals surface area (Å²) in [6.07, 6.45) is 10.2. The Morgan fingerprint density at radius 1 is 1.40 bits per heavy atom. The van der Waals surface area contributed by atoms with E-state index in [0.29, 0.717) is 6.42 Å². The summed E-state index contributed by atoms with van der Waals surface area (Å²) < 4.78 is 0. The van der Waals surface area contributed by atoms with Crippen LogP contribution in [0.5, 0.6) is 0 Å². The van der Waals surface area contributed by atoms with Gasteiger partial charge in [0.05, 0.1) is 12.5 Å². The van der Waals surface area contributed by atoms with Gasteiger partial charge in [0.25, 0.3) is 0 Å². The molecule has 0 bridgehead atoms. The maximum absolute atomic E-state index is 8.24. The minimum Gasteiger partial charge on any atom is -0.198 e. The van der Waals surface area contributed by atoms with Crippen LogP contribution in [-0.4, -0.2) is 0 Å². The lowest BCUT2D eigenvalue weighted by Crippen LogP contribution is -1.84. The molecule has 1 heteroatoms. The van der Waals surface area contributed by atoms with Crippen LogP contribution in [0.3, 0.4) is 0 Å². The van der Waals surface area contributed by atoms with E-state index in [0.717, 1.165) is 5.92 Å². The minimum absolute atomic E-state index is 0.580. The molecule has 0 aromatic rings. The van der Waals surface area contributed by atoms with Crippen molar-refractivity contribution in [2.45, 2.75) is 32.1 Å². The minimum atomic E-state index is 0.580. The second-order valence-electron chi connectivity index (χ2n) is 2.83. The molecule has 0 amide bonds. The number of nitriles is 1. The molecule has 0 atom stereocenters. The second kappa shape index (κ2) is 4.11. The topological polar surface area (TPSA) is 23.8 Å². The van der Waals surface area contributed by atoms with Crippen LogP contribution in [0, 0.1) is 17.2 Å². The first-order valence-corrected chi connectivity index (χ1v) is 3.97. The molecule has 0 spiro atoms. The quantitative estimate of drug-likeness (QED) is 0.534. The van der Waals surface area contributed by atoms with Gasteiger partial charge in [-0.05, 0) is 18.8 Å². The fourth-order valence-corrected chi connectivity index (χ4v) is 1.46. The Bertz CT molecular complexity index is 147. The Balaban J connectivity index is 2.18. The third kappa shape index (κ3) is 2.23. The highest BCUT2D eigenvalue weighted by Gasteiger charge is 2.10. The summed E-state index contributed by atoms with van der Waals surface area (Å²) in [5.74, 6) is 0.786. The Morgan fingerprint density at radius 2 is 2.10 bits per heavy atom. The molecule has 1 aliphatic carbocycles. The number of nitrogens with zero attached hydrogens (tertiary/aromatic N) is 1. The van der Waals surface area contributed by atoms with Crippen LogP contribution >= 0.6 is 0 Å². The van der Waals surface area contributed by atoms with Crippen LogP contribution in [0.2, 0.25) is 0 Å². The van der Waals surface area contributed by atoms with Gasteiger partial charge < -0.3 is 0 Å². The van der Waals surface area contributed by atoms with Gasteiger partial charge in [0.2, 0.25) is 0 Å². The third-order valence-corrected chi connectivity index (χ3v) is 2.02. The lowest BCUT2D eigenvalue weighted by atomic mass is 10.1. The highest BCUT2D eigenvalue weighted by molar-refractivity contribution is 4.95. The van der Waals surface area contributed by atoms with Gasteiger partial charge in [0, 0.05) is 0 Å². The summed E-state index contributed by atoms with van der Waals surface area (Å²) in [7, 11) is 0. The zero-order chi connectivity index (χ0) is 7.23. The molecule has 0 heterocycles. The van der Waals surface area contributed by atoms with E-state index in [-0.39, 0.29) is 0 Å². The van der Waals surface area contributed by atoms with E-state index in [4.69, 9.17) is 5.26 Å². The highest BCUT2D eigenvalue weighted by atomic mass is 14.2. The van der Waals surface area contributed by atoms with Gasteiger partial charge in [-0.15, -0.1) is 0 Å². The van der Waals surface area contributed by atoms with Gasteiger partial charge in [-0.2, -0.15) is 5.26 Å². The van der Waals surface area contributed by atoms with Gasteiger partial charge in [-0.1, -0.05) is 25.0 Å². The molecule has 10 heavy (non-hydrogen) atoms. The molecule has 1 aliphatic rings. The average Bonchev–Trinajstić information content (AvgIpc) is 2.41. The predicted octanol–water partition coefficient (Wildman–Crippen LogP) is 2.65. The van der Waals surface area contributed by atoms with E-state index in [1.54, 1.807) is 0 Å². The first kappa shape index (κ1) is 7.34. The number of allylic oxidation sites excluding steroid dienone is 2. The third-order valence-electron chi connectivity index (χ3n) is 2.02. The standard InChI is InChI=1S/C9H13N/c10-8-4-3-7-9-5-1-2-6-9/h3,7,9H,1-2,4-6H2. The van der Waals surface area contributed by atoms with E-state index < -0.39 is 0 Å². The monoisotopic (exact) mass is 135 g/mol. The van der Waals surface area contributed by atoms with E-state index in [1.165, 1.54) is 25.7 Å². The van der Waals surface area contributed by atoms with Gasteiger partial charge in [-0.25, -0.2) is 0 Å². The fraction of sp³-hybridized carbons (Fsp3) is 0.667. The van der Waals surface area contributed by atoms with Crippen molar-refractivity contribution in [3.63, 3.8) is 0 Å². The maximum atomic E-state index is 8.24. The summed E-state index contributed by atoms with van der Waals surface area (Å²) >= 11 is 0. The van der Waals surface area contributed by atoms with Gasteiger partial charge in [0.15, 0.2) is 0 Å². The van der Waals surface area contributed by atoms with Crippen molar-refractivity contribution in [3.05, 3.63) is 12.2 Å². The number of hydrogen-bond acceptors (Lipinski definition) is 1. The molecular formula is C9H13N. The smallest absolute Gasteiger partial charge is 0.0663 e. The summed E-state index contributed by atoms with van der Waals surface area (Å²) in [5.41, 5.74) is 0. The zero-order valence-corrected chi connectivity index (χ0v) is 6.21. The van der Waals surface area contributed by atoms with Crippen molar-refractivity contribution in [1.82, 2.24) is 0 Å². The first-order valence-electron chi connectivity index (χ1n) is 3.97. The molecule has 1 nitrogen and oxygen atoms in total. The molecule has 0 N–H and O–H groups in total. The van der Waals surface area contributed by atoms with Crippen molar-refractivity contribution in [2.24, 2.45) is 5.92 Å². The Hall–Kier alpha value is -0.770. The van der Waals surface area contributed by atoms with Crippen LogP contribution in [-0.2, 0) is 0 Å². The molecule has 1 saturated carbocycles. The van der Waals surface area contributed by atoms with E-state index in [2.05, 4.69) is 12.1 Å². The first-order chi connectivity index (χ1) is 4.93. The molecule has 0 unspecified atom stereocenters. The second-order valence-corrected chi connectivity index (χ2v) is 2.83. The Kier molecular flexibility index (Phi) is 3.02. The highest BCUT2D eigenvalue weighted by Crippen LogP contribution is 2.25. The fourth-order valence-electron chi connectivity index (χ4n) is 1.46. The van der Waals surface area contributed by atoms with E-state index in [1.807, 2.05) is 6.08 Å². The number of hydrogen-bond donors (Lipinski definition) is 0. The predicted molar refractivity (Wildman–Crippen MR) is 41.3 cm³/mol. The molecular weight excluding hydrogens is 122 g/mol. The van der Waals surface area contributed by atoms with Crippen molar-refractivity contribution >= 4 is 0 Å². The lowest BCUT2D eigenvalue weighted by molar-refractivity contribution is 0.684. The summed E-state index contributed by atoms with van der Waals surface area (Å²) in [5, 5.41) is 8.24. The Labute approximate surface area is 62.4 Å². The van der Waals surface area contributed by atoms with Crippen molar-refractivity contribution in [2.75, 3.05) is 0 Å². The molecule has 0 aliphatic heterocycles. The summed E-state index contributed by atoms with van der Waals surface area (Å²) in [6.45, 7) is 0. The zero-order valence-electron chi connectivity index (χ0n) is 6.21. The molecule has 54 valence electrons. The summed E-state index contributed by atoms with van der Waals surface area (Å²) in [6, 6.07) is 2.10. The molecule has 0 radical (unpaired) electrons. The molecule has 0 saturated heterocycles. The normalized spacial score (nSPS) is 19.9. The molecule has 0 aromatic heterocycles. The van der Waals surface area contributed by atoms with Crippen LogP contribution in [0.4, 0.5) is 0 Å². The largest absolute Gasteiger partial charge is 0.198 e. The van der Waals surface area contributed by atoms with Crippen molar-refractivity contribution in [3.8, 4) is 6.07 Å². The van der Waals surface area contributed by atoms with Crippen molar-refractivity contribution in [1.29, 1.82) is 5.26 Å². The maximum Gasteiger partial charge on any atom is 0.0663 e. The Morgan fingerprint density at radius 3 is 2.70 bits per heavy atom. The van der Waals surface area contributed by atoms with Gasteiger partial charge in [0.1, 0.15) is 0 Å². The number of rotatable bonds is 2. The van der Waals surface area contributed by atoms with Crippen molar-refractivity contribution < 1.29 is 0 Å². The van der Waals surface area contributed by atoms with Gasteiger partial charge in [-0.3, -0.25) is 0 Å².